The summed E-state index contributed by atoms with van der Waals surface area (Å²) in [6.07, 6.45) is 29.7. The van der Waals surface area contributed by atoms with Crippen LogP contribution in [0.5, 0.6) is 23.0 Å². The molecule has 5 aromatic carbocycles. The first-order valence-corrected chi connectivity index (χ1v) is 56.4. The van der Waals surface area contributed by atoms with Crippen LogP contribution in [0.25, 0.3) is 4.85 Å². The van der Waals surface area contributed by atoms with Gasteiger partial charge in [0.15, 0.2) is 31.3 Å². The van der Waals surface area contributed by atoms with Gasteiger partial charge in [-0.05, 0) is 239 Å². The number of halogens is 6. The van der Waals surface area contributed by atoms with Crippen LogP contribution in [0.1, 0.15) is 196 Å². The van der Waals surface area contributed by atoms with Crippen molar-refractivity contribution in [1.82, 2.24) is 10.5 Å². The average Bonchev–Trinajstić information content (AvgIpc) is 1.53. The Balaban J connectivity index is -0.00000155. The molecule has 0 radical (unpaired) electrons. The van der Waals surface area contributed by atoms with Crippen molar-refractivity contribution in [3.8, 4) is 29.2 Å². The van der Waals surface area contributed by atoms with E-state index >= 15 is 0 Å². The Kier molecular flexibility index (Phi) is 79.8. The molecule has 0 aromatic heterocycles. The third kappa shape index (κ3) is 60.2. The molecule has 8 unspecified atom stereocenters. The topological polar surface area (TPSA) is 426 Å². The number of nitriles is 1. The number of carbonyl (C=O) groups excluding carboxylic acids is 3. The quantitative estimate of drug-likeness (QED) is 0.00536. The summed E-state index contributed by atoms with van der Waals surface area (Å²) in [5.74, 6) is 6.16. The molecule has 10 N–H and O–H groups in total. The van der Waals surface area contributed by atoms with Gasteiger partial charge in [-0.25, -0.2) is 25.2 Å². The number of hydrogen-bond donors (Lipinski definition) is 9. The number of nitrogens with zero attached hydrogens (tertiary/aromatic N) is 6. The largest absolute Gasteiger partial charge is 1.00 e. The summed E-state index contributed by atoms with van der Waals surface area (Å²) in [6.45, 7) is 44.8. The number of nitrogens with two attached hydrogens (primary N) is 1. The van der Waals surface area contributed by atoms with Gasteiger partial charge in [-0.1, -0.05) is 121 Å². The van der Waals surface area contributed by atoms with Crippen LogP contribution in [-0.2, 0) is 58.0 Å². The SMILES string of the molecule is C.C=C=N[Si](C)(C)C.C=CCO.C=CCOCC1CO1.CC(=O)c1cc(Br)ccc1O.CN1OC2(CC3(CCCCOC3)Oc3ccc(Br)cc32)N=C1N.CNO.CPC.Cl.ClCC1CO1.N#CN=C1CC2(CCCCOC2)Oc2ccc(Br)cc21.O=C1CC2(CCCCOC2)Oc2ccc(Br)cc21.O=C1CCCCOC1.OC1CCC=COC1.OC1CCCCOC1.[C-]#[N+]c1cccc(B(O)O)c1.[CH2-]CCC.[H-].[Li+].[Na+]. The van der Waals surface area contributed by atoms with Crippen molar-refractivity contribution in [2.24, 2.45) is 20.4 Å². The monoisotopic (exact) mass is 2360 g/mol. The van der Waals surface area contributed by atoms with Crippen LogP contribution in [-0.4, -0.2) is 271 Å². The number of aliphatic hydroxyl groups is 3. The molecule has 31 nitrogen and oxygen atoms in total. The summed E-state index contributed by atoms with van der Waals surface area (Å²) in [6, 6.07) is 28.3. The number of aromatic hydroxyl groups is 1. The first-order chi connectivity index (χ1) is 67.5. The van der Waals surface area contributed by atoms with Crippen LogP contribution in [0.3, 0.4) is 0 Å². The van der Waals surface area contributed by atoms with Gasteiger partial charge in [0.25, 0.3) is 0 Å². The summed E-state index contributed by atoms with van der Waals surface area (Å²) in [4.78, 5) is 51.6. The Morgan fingerprint density at radius 2 is 1.28 bits per heavy atom. The van der Waals surface area contributed by atoms with Crippen LogP contribution in [0.2, 0.25) is 19.6 Å². The van der Waals surface area contributed by atoms with Gasteiger partial charge in [0, 0.05) is 89.8 Å². The molecule has 800 valence electrons. The molecule has 7 fully saturated rings. The number of Topliss-reactive ketones (excluding diaryl/α,β-unsaturated/α-hetero) is 3. The minimum atomic E-state index is -1.49. The second kappa shape index (κ2) is 81.6. The molecule has 12 aliphatic rings. The number of hydroxylamine groups is 3. The van der Waals surface area contributed by atoms with Crippen molar-refractivity contribution in [1.29, 1.82) is 5.26 Å². The third-order valence-corrected chi connectivity index (χ3v) is 24.1. The Morgan fingerprint density at radius 1 is 0.772 bits per heavy atom. The number of aliphatic hydroxyl groups excluding tert-OH is 3. The number of benzene rings is 5. The number of fused-ring (bicyclic) bond motifs is 4. The van der Waals surface area contributed by atoms with E-state index in [4.69, 9.17) is 127 Å². The number of phenols is 1. The molecule has 0 amide bonds. The number of aliphatic imine (C=N–C) groups is 2. The molecule has 12 aliphatic heterocycles. The number of rotatable bonds is 10. The maximum absolute atomic E-state index is 12.3. The molecule has 0 saturated carbocycles. The van der Waals surface area contributed by atoms with Crippen LogP contribution in [0.4, 0.5) is 5.69 Å². The Morgan fingerprint density at radius 3 is 1.77 bits per heavy atom. The van der Waals surface area contributed by atoms with E-state index in [-0.39, 0.29) is 117 Å². The van der Waals surface area contributed by atoms with E-state index in [0.717, 1.165) is 223 Å². The van der Waals surface area contributed by atoms with Crippen molar-refractivity contribution in [3.05, 3.63) is 200 Å². The predicted molar refractivity (Wildman–Crippen MR) is 589 cm³/mol. The Hall–Kier alpha value is -5.13. The number of phenolic OH excluding ortho intramolecular Hbond substituents is 1. The van der Waals surface area contributed by atoms with Crippen molar-refractivity contribution in [2.75, 3.05) is 139 Å². The first-order valence-electron chi connectivity index (χ1n) is 47.3. The van der Waals surface area contributed by atoms with Crippen LogP contribution in [0.15, 0.2) is 174 Å². The molecular formula is C103H154BBr4Cl2LiN8NaO23PSi. The summed E-state index contributed by atoms with van der Waals surface area (Å²) in [5, 5.41) is 70.0. The van der Waals surface area contributed by atoms with Crippen LogP contribution in [0, 0.1) is 25.0 Å². The fraction of sp³-hybridized carbons (Fsp3) is 0.553. The van der Waals surface area contributed by atoms with Crippen molar-refractivity contribution >= 4 is 158 Å². The molecule has 7 saturated heterocycles. The molecule has 12 heterocycles. The van der Waals surface area contributed by atoms with E-state index in [1.807, 2.05) is 66.9 Å². The van der Waals surface area contributed by atoms with Gasteiger partial charge in [0.1, 0.15) is 59.1 Å². The minimum Gasteiger partial charge on any atom is -1.00 e. The van der Waals surface area contributed by atoms with Crippen LogP contribution >= 0.6 is 96.3 Å². The molecule has 17 rings (SSSR count). The molecule has 42 heteroatoms. The average molecular weight is 2360 g/mol. The second-order valence-electron chi connectivity index (χ2n) is 34.6. The summed E-state index contributed by atoms with van der Waals surface area (Å²) in [5.41, 5.74) is 10.0. The molecular weight excluding hydrogens is 2210 g/mol. The standard InChI is InChI=1S/C16H20BrN3O3.C15H15BrN2O2.C14H15BrO3.C8H7BrO2.C7H6BNO2.C6H10O2.C6H12O2.2C6H10O2.C5H11NSi.C4H9.C3H5ClO.C3H6O.C2H7P.CH5NO.CH4.ClH.Li.Na.H/c1-20-14(18)19-16(23-20)9-15(6-2-3-7-21-10-15)22-13-5-4-11(17)8-12(13)16;16-11-3-4-14-12(7-11)13(18-10-17)8-15(20-14)5-1-2-6-19-9-15;15-10-3-4-13-11(7-10)12(16)8-14(18-13)5-1-2-6-17-9-14;1-5(10)7-4-6(9)2-3-8(7)11;1-9-7-4-2-3-6(5-7)8(10)11;1-2-3-7-4-6-5-8-6;3*7-6-3-1-2-4-8-5-6;1-5-6-7(2,3)4;1-3-4-2;4-1-3-2-5-3;1-2-3-4;1-3-2;1-2-3;;;;;/h4-5,8H,2-3,6-7,9-10H2,1H3,(H2,18,19);3-4,7H,1-2,5-6,8-9H2;3-4,7H,1-2,5-6,8-9H2;2-4,11H,1H3;2-5,10-11H;2,6H,1,3-5H2;6-7H,1-5H2;1-5H2;2,4,6-7H,1,3,5H2;1H2,2-4H3;1,3-4H2,2H3;3H,1-2H2;2,4H,1,3H2;3H,1-2H3;2-3H,1H3;1H4;1H;;;/q;;;;;;;;;;-1;;;;;;;2*+1;-1. The summed E-state index contributed by atoms with van der Waals surface area (Å²) < 4.78 is 73.0. The van der Waals surface area contributed by atoms with E-state index in [2.05, 4.69) is 156 Å². The second-order valence-corrected chi connectivity index (χ2v) is 44.2. The maximum Gasteiger partial charge on any atom is 1.00 e. The van der Waals surface area contributed by atoms with Gasteiger partial charge in [-0.2, -0.15) is 16.7 Å². The molecule has 5 aromatic rings. The van der Waals surface area contributed by atoms with E-state index < -0.39 is 32.3 Å². The first kappa shape index (κ1) is 142. The van der Waals surface area contributed by atoms with E-state index in [0.29, 0.717) is 118 Å². The molecule has 8 atom stereocenters. The van der Waals surface area contributed by atoms with Crippen LogP contribution < -0.4 is 79.3 Å². The zero-order valence-corrected chi connectivity index (χ0v) is 97.5. The number of hydrogen-bond acceptors (Lipinski definition) is 30. The van der Waals surface area contributed by atoms with E-state index in [1.165, 1.54) is 43.7 Å². The van der Waals surface area contributed by atoms with Crippen molar-refractivity contribution in [2.45, 2.75) is 229 Å². The molecule has 0 aliphatic carbocycles. The number of guanidine groups is 1. The fourth-order valence-electron chi connectivity index (χ4n) is 13.9. The summed E-state index contributed by atoms with van der Waals surface area (Å²) in [7, 11) is 1.59. The molecule has 0 bridgehead atoms. The van der Waals surface area contributed by atoms with Gasteiger partial charge >= 0.3 is 55.5 Å². The molecule has 145 heavy (non-hydrogen) atoms. The Bertz CT molecular complexity index is 4690. The van der Waals surface area contributed by atoms with Gasteiger partial charge in [0.2, 0.25) is 17.9 Å². The van der Waals surface area contributed by atoms with Gasteiger partial charge in [0.05, 0.1) is 125 Å². The smallest absolute Gasteiger partial charge is 1.00 e. The summed E-state index contributed by atoms with van der Waals surface area (Å²) >= 11 is 18.8. The number of nitrogens with one attached hydrogen (secondary N) is 1. The number of allylic oxidation sites excluding steroid dienone is 1. The van der Waals surface area contributed by atoms with E-state index in [1.54, 1.807) is 55.2 Å². The van der Waals surface area contributed by atoms with Gasteiger partial charge < -0.3 is 107 Å². The molecule has 4 spiro atoms. The maximum atomic E-state index is 12.3. The zero-order chi connectivity index (χ0) is 105. The third-order valence-electron chi connectivity index (χ3n) is 20.9. The number of alkyl halides is 1. The van der Waals surface area contributed by atoms with Crippen molar-refractivity contribution in [3.63, 3.8) is 0 Å². The number of epoxide rings is 2. The van der Waals surface area contributed by atoms with E-state index in [9.17, 15) is 14.4 Å². The zero-order valence-electron chi connectivity index (χ0n) is 86.6. The number of ketones is 3. The minimum absolute atomic E-state index is 0. The van der Waals surface area contributed by atoms with Gasteiger partial charge in [-0.3, -0.25) is 19.0 Å². The van der Waals surface area contributed by atoms with Crippen molar-refractivity contribution < 1.29 is 162 Å². The number of ether oxygens (including phenoxy) is 12. The Labute approximate surface area is 944 Å². The fourth-order valence-corrected chi connectivity index (χ4v) is 16.0. The van der Waals surface area contributed by atoms with Gasteiger partial charge in [-0.15, -0.1) is 45.7 Å². The normalized spacial score (nSPS) is 22.2. The predicted octanol–water partition coefficient (Wildman–Crippen LogP) is 13.9. The number of unbranched alkanes of at least 4 members (excludes halogenated alkanes) is 1. The number of carbonyl (C=O) groups is 3.